The predicted molar refractivity (Wildman–Crippen MR) is 73.6 cm³/mol. The van der Waals surface area contributed by atoms with Gasteiger partial charge in [-0.3, -0.25) is 0 Å². The molecule has 1 aromatic rings. The molecule has 0 aliphatic heterocycles. The zero-order valence-corrected chi connectivity index (χ0v) is 12.0. The van der Waals surface area contributed by atoms with Gasteiger partial charge in [-0.15, -0.1) is 0 Å². The maximum Gasteiger partial charge on any atom is 0.120 e. The lowest BCUT2D eigenvalue weighted by Gasteiger charge is -2.14. The molecule has 0 heterocycles. The number of benzene rings is 1. The topological polar surface area (TPSA) is 30.5 Å². The number of ether oxygens (including phenoxy) is 2. The summed E-state index contributed by atoms with van der Waals surface area (Å²) in [6.45, 7) is 7.10. The maximum absolute atomic E-state index is 5.61. The molecule has 0 bridgehead atoms. The van der Waals surface area contributed by atoms with Crippen LogP contribution in [0.5, 0.6) is 5.75 Å². The molecule has 0 amide bonds. The Bertz CT molecular complexity index is 320. The lowest BCUT2D eigenvalue weighted by Crippen LogP contribution is -2.33. The van der Waals surface area contributed by atoms with Gasteiger partial charge in [-0.05, 0) is 32.0 Å². The fourth-order valence-corrected chi connectivity index (χ4v) is 1.76. The van der Waals surface area contributed by atoms with Crippen LogP contribution in [0.15, 0.2) is 28.7 Å². The highest BCUT2D eigenvalue weighted by Gasteiger charge is 2.00. The summed E-state index contributed by atoms with van der Waals surface area (Å²) in [5.41, 5.74) is 0. The van der Waals surface area contributed by atoms with Gasteiger partial charge in [0, 0.05) is 23.7 Å². The maximum atomic E-state index is 5.61. The van der Waals surface area contributed by atoms with E-state index in [4.69, 9.17) is 9.47 Å². The molecular formula is C13H20BrNO2. The lowest BCUT2D eigenvalue weighted by atomic mass is 10.3. The average molecular weight is 302 g/mol. The summed E-state index contributed by atoms with van der Waals surface area (Å²) in [7, 11) is 0. The molecule has 3 nitrogen and oxygen atoms in total. The molecule has 0 saturated carbocycles. The van der Waals surface area contributed by atoms with Crippen molar-refractivity contribution in [1.29, 1.82) is 0 Å². The molecule has 0 radical (unpaired) electrons. The molecule has 1 unspecified atom stereocenters. The van der Waals surface area contributed by atoms with Crippen molar-refractivity contribution < 1.29 is 9.47 Å². The van der Waals surface area contributed by atoms with E-state index in [1.54, 1.807) is 0 Å². The SMILES string of the molecule is CCOCC(C)NCCOc1cccc(Br)c1. The van der Waals surface area contributed by atoms with Crippen LogP contribution in [0.3, 0.4) is 0 Å². The second kappa shape index (κ2) is 8.50. The highest BCUT2D eigenvalue weighted by Crippen LogP contribution is 2.17. The fourth-order valence-electron chi connectivity index (χ4n) is 1.38. The summed E-state index contributed by atoms with van der Waals surface area (Å²) in [5, 5.41) is 3.34. The Kier molecular flexibility index (Phi) is 7.24. The smallest absolute Gasteiger partial charge is 0.120 e. The zero-order valence-electron chi connectivity index (χ0n) is 10.4. The average Bonchev–Trinajstić information content (AvgIpc) is 2.32. The van der Waals surface area contributed by atoms with E-state index in [9.17, 15) is 0 Å². The Morgan fingerprint density at radius 2 is 2.24 bits per heavy atom. The van der Waals surface area contributed by atoms with E-state index in [1.807, 2.05) is 31.2 Å². The van der Waals surface area contributed by atoms with Gasteiger partial charge in [0.15, 0.2) is 0 Å². The molecular weight excluding hydrogens is 282 g/mol. The van der Waals surface area contributed by atoms with Crippen LogP contribution in [0.2, 0.25) is 0 Å². The largest absolute Gasteiger partial charge is 0.492 e. The van der Waals surface area contributed by atoms with E-state index in [2.05, 4.69) is 28.2 Å². The van der Waals surface area contributed by atoms with Crippen LogP contribution in [-0.2, 0) is 4.74 Å². The Morgan fingerprint density at radius 3 is 2.94 bits per heavy atom. The number of hydrogen-bond acceptors (Lipinski definition) is 3. The predicted octanol–water partition coefficient (Wildman–Crippen LogP) is 2.84. The second-order valence-electron chi connectivity index (χ2n) is 3.82. The van der Waals surface area contributed by atoms with Crippen molar-refractivity contribution in [3.05, 3.63) is 28.7 Å². The number of halogens is 1. The van der Waals surface area contributed by atoms with Crippen molar-refractivity contribution in [1.82, 2.24) is 5.32 Å². The first-order valence-corrected chi connectivity index (χ1v) is 6.71. The van der Waals surface area contributed by atoms with Gasteiger partial charge in [-0.1, -0.05) is 22.0 Å². The van der Waals surface area contributed by atoms with Crippen LogP contribution in [0.25, 0.3) is 0 Å². The Morgan fingerprint density at radius 1 is 1.41 bits per heavy atom. The van der Waals surface area contributed by atoms with E-state index < -0.39 is 0 Å². The highest BCUT2D eigenvalue weighted by molar-refractivity contribution is 9.10. The summed E-state index contributed by atoms with van der Waals surface area (Å²) in [4.78, 5) is 0. The van der Waals surface area contributed by atoms with Gasteiger partial charge in [-0.2, -0.15) is 0 Å². The Labute approximate surface area is 112 Å². The van der Waals surface area contributed by atoms with Gasteiger partial charge in [0.2, 0.25) is 0 Å². The summed E-state index contributed by atoms with van der Waals surface area (Å²) < 4.78 is 12.0. The van der Waals surface area contributed by atoms with E-state index >= 15 is 0 Å². The minimum atomic E-state index is 0.362. The monoisotopic (exact) mass is 301 g/mol. The molecule has 0 aliphatic carbocycles. The normalized spacial score (nSPS) is 12.4. The molecule has 1 aromatic carbocycles. The molecule has 0 spiro atoms. The third-order valence-electron chi connectivity index (χ3n) is 2.23. The second-order valence-corrected chi connectivity index (χ2v) is 4.74. The summed E-state index contributed by atoms with van der Waals surface area (Å²) in [6, 6.07) is 8.22. The fraction of sp³-hybridized carbons (Fsp3) is 0.538. The molecule has 96 valence electrons. The first-order chi connectivity index (χ1) is 8.22. The van der Waals surface area contributed by atoms with Gasteiger partial charge in [0.25, 0.3) is 0 Å². The molecule has 17 heavy (non-hydrogen) atoms. The van der Waals surface area contributed by atoms with Crippen molar-refractivity contribution in [2.75, 3.05) is 26.4 Å². The van der Waals surface area contributed by atoms with Crippen molar-refractivity contribution in [3.8, 4) is 5.75 Å². The Hall–Kier alpha value is -0.580. The van der Waals surface area contributed by atoms with Crippen LogP contribution in [0, 0.1) is 0 Å². The third kappa shape index (κ3) is 6.66. The van der Waals surface area contributed by atoms with Gasteiger partial charge in [0.05, 0.1) is 6.61 Å². The van der Waals surface area contributed by atoms with Crippen molar-refractivity contribution in [3.63, 3.8) is 0 Å². The summed E-state index contributed by atoms with van der Waals surface area (Å²) in [6.07, 6.45) is 0. The van der Waals surface area contributed by atoms with Crippen LogP contribution in [-0.4, -0.2) is 32.4 Å². The summed E-state index contributed by atoms with van der Waals surface area (Å²) in [5.74, 6) is 0.888. The van der Waals surface area contributed by atoms with Gasteiger partial charge in [0.1, 0.15) is 12.4 Å². The molecule has 0 aromatic heterocycles. The zero-order chi connectivity index (χ0) is 12.5. The van der Waals surface area contributed by atoms with Gasteiger partial charge in [-0.25, -0.2) is 0 Å². The highest BCUT2D eigenvalue weighted by atomic mass is 79.9. The molecule has 1 rings (SSSR count). The standard InChI is InChI=1S/C13H20BrNO2/c1-3-16-10-11(2)15-7-8-17-13-6-4-5-12(14)9-13/h4-6,9,11,15H,3,7-8,10H2,1-2H3. The van der Waals surface area contributed by atoms with E-state index in [1.165, 1.54) is 0 Å². The minimum Gasteiger partial charge on any atom is -0.492 e. The van der Waals surface area contributed by atoms with Crippen LogP contribution >= 0.6 is 15.9 Å². The molecule has 1 N–H and O–H groups in total. The van der Waals surface area contributed by atoms with Crippen molar-refractivity contribution in [2.24, 2.45) is 0 Å². The number of hydrogen-bond donors (Lipinski definition) is 1. The molecule has 0 aliphatic rings. The lowest BCUT2D eigenvalue weighted by molar-refractivity contribution is 0.126. The third-order valence-corrected chi connectivity index (χ3v) is 2.72. The molecule has 0 saturated heterocycles. The quantitative estimate of drug-likeness (QED) is 0.749. The minimum absolute atomic E-state index is 0.362. The first kappa shape index (κ1) is 14.5. The molecule has 4 heteroatoms. The number of nitrogens with one attached hydrogen (secondary N) is 1. The summed E-state index contributed by atoms with van der Waals surface area (Å²) >= 11 is 3.41. The van der Waals surface area contributed by atoms with Gasteiger partial charge >= 0.3 is 0 Å². The van der Waals surface area contributed by atoms with Crippen LogP contribution in [0.1, 0.15) is 13.8 Å². The van der Waals surface area contributed by atoms with Crippen LogP contribution in [0.4, 0.5) is 0 Å². The molecule has 1 atom stereocenters. The number of rotatable bonds is 8. The van der Waals surface area contributed by atoms with Crippen molar-refractivity contribution in [2.45, 2.75) is 19.9 Å². The van der Waals surface area contributed by atoms with Crippen molar-refractivity contribution >= 4 is 15.9 Å². The Balaban J connectivity index is 2.11. The van der Waals surface area contributed by atoms with E-state index in [0.717, 1.165) is 30.0 Å². The van der Waals surface area contributed by atoms with Crippen LogP contribution < -0.4 is 10.1 Å². The van der Waals surface area contributed by atoms with Gasteiger partial charge < -0.3 is 14.8 Å². The van der Waals surface area contributed by atoms with E-state index in [0.29, 0.717) is 12.6 Å². The molecule has 0 fully saturated rings. The first-order valence-electron chi connectivity index (χ1n) is 5.92. The van der Waals surface area contributed by atoms with E-state index in [-0.39, 0.29) is 0 Å².